The van der Waals surface area contributed by atoms with Crippen LogP contribution in [0.25, 0.3) is 0 Å². The molecule has 0 radical (unpaired) electrons. The predicted molar refractivity (Wildman–Crippen MR) is 85.9 cm³/mol. The van der Waals surface area contributed by atoms with Crippen LogP contribution in [0.1, 0.15) is 21.5 Å². The molecule has 2 aromatic rings. The Labute approximate surface area is 135 Å². The molecule has 0 aliphatic heterocycles. The van der Waals surface area contributed by atoms with Crippen molar-refractivity contribution in [3.63, 3.8) is 0 Å². The van der Waals surface area contributed by atoms with Crippen LogP contribution < -0.4 is 5.73 Å². The van der Waals surface area contributed by atoms with E-state index in [-0.39, 0.29) is 11.4 Å². The maximum Gasteiger partial charge on any atom is 0.335 e. The van der Waals surface area contributed by atoms with E-state index in [1.165, 1.54) is 23.5 Å². The summed E-state index contributed by atoms with van der Waals surface area (Å²) in [7, 11) is 0. The van der Waals surface area contributed by atoms with Crippen molar-refractivity contribution in [2.75, 3.05) is 12.0 Å². The summed E-state index contributed by atoms with van der Waals surface area (Å²) in [6, 6.07) is 8.61. The fourth-order valence-electron chi connectivity index (χ4n) is 1.65. The molecular weight excluding hydrogens is 320 g/mol. The van der Waals surface area contributed by atoms with Gasteiger partial charge < -0.3 is 10.8 Å². The Bertz CT molecular complexity index is 742. The molecule has 1 heterocycles. The molecule has 0 bridgehead atoms. The number of aromatic carboxylic acids is 1. The Morgan fingerprint density at radius 2 is 2.05 bits per heavy atom. The first-order valence-electron chi connectivity index (χ1n) is 6.11. The van der Waals surface area contributed by atoms with Crippen molar-refractivity contribution >= 4 is 35.3 Å². The number of thioether (sulfide) groups is 2. The summed E-state index contributed by atoms with van der Waals surface area (Å²) in [6.45, 7) is 0. The van der Waals surface area contributed by atoms with Crippen LogP contribution >= 0.6 is 23.5 Å². The summed E-state index contributed by atoms with van der Waals surface area (Å²) in [6.07, 6.45) is 1.82. The van der Waals surface area contributed by atoms with Crippen LogP contribution in [0, 0.1) is 11.3 Å². The van der Waals surface area contributed by atoms with E-state index in [0.717, 1.165) is 5.56 Å². The SMILES string of the molecule is CSc1nc(SCc2ccc(C(=O)O)cc2)nc(N)c1C#N. The minimum atomic E-state index is -0.952. The topological polar surface area (TPSA) is 113 Å². The quantitative estimate of drug-likeness (QED) is 0.488. The van der Waals surface area contributed by atoms with Gasteiger partial charge in [0.1, 0.15) is 22.5 Å². The summed E-state index contributed by atoms with van der Waals surface area (Å²) in [4.78, 5) is 19.2. The Kier molecular flexibility index (Phi) is 5.25. The van der Waals surface area contributed by atoms with Crippen LogP contribution in [0.4, 0.5) is 5.82 Å². The van der Waals surface area contributed by atoms with Gasteiger partial charge in [0, 0.05) is 5.75 Å². The maximum absolute atomic E-state index is 10.8. The smallest absolute Gasteiger partial charge is 0.335 e. The Morgan fingerprint density at radius 1 is 1.36 bits per heavy atom. The number of hydrogen-bond acceptors (Lipinski definition) is 7. The first kappa shape index (κ1) is 16.1. The minimum Gasteiger partial charge on any atom is -0.478 e. The molecule has 0 aliphatic carbocycles. The van der Waals surface area contributed by atoms with Gasteiger partial charge in [0.2, 0.25) is 0 Å². The number of anilines is 1. The molecule has 0 saturated carbocycles. The van der Waals surface area contributed by atoms with Crippen molar-refractivity contribution in [2.45, 2.75) is 15.9 Å². The molecule has 0 saturated heterocycles. The fraction of sp³-hybridized carbons (Fsp3) is 0.143. The number of rotatable bonds is 5. The normalized spacial score (nSPS) is 10.2. The monoisotopic (exact) mass is 332 g/mol. The summed E-state index contributed by atoms with van der Waals surface area (Å²) in [5, 5.41) is 18.9. The zero-order chi connectivity index (χ0) is 16.1. The zero-order valence-corrected chi connectivity index (χ0v) is 13.2. The minimum absolute atomic E-state index is 0.172. The van der Waals surface area contributed by atoms with Crippen molar-refractivity contribution in [3.8, 4) is 6.07 Å². The number of nitrogens with two attached hydrogens (primary N) is 1. The van der Waals surface area contributed by atoms with Gasteiger partial charge in [0.05, 0.1) is 5.56 Å². The standard InChI is InChI=1S/C14H12N4O2S2/c1-21-12-10(6-15)11(16)17-14(18-12)22-7-8-2-4-9(5-3-8)13(19)20/h2-5H,7H2,1H3,(H,19,20)(H2,16,17,18). The third-order valence-electron chi connectivity index (χ3n) is 2.76. The Morgan fingerprint density at radius 3 is 2.59 bits per heavy atom. The maximum atomic E-state index is 10.8. The van der Waals surface area contributed by atoms with Crippen molar-refractivity contribution in [1.82, 2.24) is 9.97 Å². The number of aromatic nitrogens is 2. The highest BCUT2D eigenvalue weighted by atomic mass is 32.2. The lowest BCUT2D eigenvalue weighted by molar-refractivity contribution is 0.0697. The largest absolute Gasteiger partial charge is 0.478 e. The number of nitrogens with zero attached hydrogens (tertiary/aromatic N) is 3. The van der Waals surface area contributed by atoms with E-state index in [4.69, 9.17) is 16.1 Å². The molecular formula is C14H12N4O2S2. The van der Waals surface area contributed by atoms with E-state index in [0.29, 0.717) is 21.5 Å². The van der Waals surface area contributed by atoms with Gasteiger partial charge in [-0.15, -0.1) is 11.8 Å². The number of carbonyl (C=O) groups is 1. The average molecular weight is 332 g/mol. The molecule has 0 unspecified atom stereocenters. The van der Waals surface area contributed by atoms with E-state index in [1.54, 1.807) is 24.3 Å². The number of carboxylic acid groups (broad SMARTS) is 1. The second-order valence-electron chi connectivity index (χ2n) is 4.18. The highest BCUT2D eigenvalue weighted by Gasteiger charge is 2.12. The molecule has 3 N–H and O–H groups in total. The van der Waals surface area contributed by atoms with E-state index >= 15 is 0 Å². The lowest BCUT2D eigenvalue weighted by Crippen LogP contribution is -2.01. The van der Waals surface area contributed by atoms with Crippen molar-refractivity contribution in [3.05, 3.63) is 41.0 Å². The van der Waals surface area contributed by atoms with Crippen LogP contribution in [0.2, 0.25) is 0 Å². The predicted octanol–water partition coefficient (Wildman–Crippen LogP) is 2.64. The number of nitrogen functional groups attached to an aromatic ring is 1. The second kappa shape index (κ2) is 7.15. The fourth-order valence-corrected chi connectivity index (χ4v) is 3.04. The second-order valence-corrected chi connectivity index (χ2v) is 5.92. The molecule has 112 valence electrons. The van der Waals surface area contributed by atoms with Crippen molar-refractivity contribution < 1.29 is 9.90 Å². The van der Waals surface area contributed by atoms with Crippen molar-refractivity contribution in [2.24, 2.45) is 0 Å². The molecule has 22 heavy (non-hydrogen) atoms. The first-order chi connectivity index (χ1) is 10.5. The van der Waals surface area contributed by atoms with Crippen LogP contribution in [-0.4, -0.2) is 27.3 Å². The van der Waals surface area contributed by atoms with E-state index in [9.17, 15) is 4.79 Å². The number of hydrogen-bond donors (Lipinski definition) is 2. The summed E-state index contributed by atoms with van der Waals surface area (Å²) < 4.78 is 0. The lowest BCUT2D eigenvalue weighted by atomic mass is 10.1. The summed E-state index contributed by atoms with van der Waals surface area (Å²) in [5.74, 6) is -0.198. The number of benzene rings is 1. The van der Waals surface area contributed by atoms with E-state index in [1.807, 2.05) is 12.3 Å². The average Bonchev–Trinajstić information content (AvgIpc) is 2.52. The van der Waals surface area contributed by atoms with E-state index < -0.39 is 5.97 Å². The van der Waals surface area contributed by atoms with Crippen LogP contribution in [0.5, 0.6) is 0 Å². The molecule has 0 spiro atoms. The van der Waals surface area contributed by atoms with Gasteiger partial charge in [0.15, 0.2) is 5.16 Å². The number of nitriles is 1. The van der Waals surface area contributed by atoms with Gasteiger partial charge in [-0.05, 0) is 24.0 Å². The summed E-state index contributed by atoms with van der Waals surface area (Å²) in [5.41, 5.74) is 7.26. The molecule has 6 nitrogen and oxygen atoms in total. The molecule has 0 atom stereocenters. The van der Waals surface area contributed by atoms with Gasteiger partial charge in [0.25, 0.3) is 0 Å². The van der Waals surface area contributed by atoms with Gasteiger partial charge in [-0.2, -0.15) is 5.26 Å². The van der Waals surface area contributed by atoms with Crippen LogP contribution in [-0.2, 0) is 5.75 Å². The highest BCUT2D eigenvalue weighted by molar-refractivity contribution is 7.99. The molecule has 2 rings (SSSR count). The Balaban J connectivity index is 2.13. The Hall–Kier alpha value is -2.24. The first-order valence-corrected chi connectivity index (χ1v) is 8.32. The molecule has 0 fully saturated rings. The van der Waals surface area contributed by atoms with Gasteiger partial charge >= 0.3 is 5.97 Å². The molecule has 1 aromatic heterocycles. The highest BCUT2D eigenvalue weighted by Crippen LogP contribution is 2.27. The third-order valence-corrected chi connectivity index (χ3v) is 4.36. The zero-order valence-electron chi connectivity index (χ0n) is 11.6. The third kappa shape index (κ3) is 3.69. The lowest BCUT2D eigenvalue weighted by Gasteiger charge is -2.06. The number of carboxylic acids is 1. The summed E-state index contributed by atoms with van der Waals surface area (Å²) >= 11 is 2.72. The van der Waals surface area contributed by atoms with Gasteiger partial charge in [-0.25, -0.2) is 14.8 Å². The molecule has 0 amide bonds. The molecule has 8 heteroatoms. The van der Waals surface area contributed by atoms with Crippen molar-refractivity contribution in [1.29, 1.82) is 5.26 Å². The van der Waals surface area contributed by atoms with E-state index in [2.05, 4.69) is 9.97 Å². The van der Waals surface area contributed by atoms with Crippen LogP contribution in [0.3, 0.4) is 0 Å². The molecule has 1 aromatic carbocycles. The van der Waals surface area contributed by atoms with Gasteiger partial charge in [-0.1, -0.05) is 23.9 Å². The molecule has 0 aliphatic rings. The van der Waals surface area contributed by atoms with Crippen LogP contribution in [0.15, 0.2) is 34.4 Å². The van der Waals surface area contributed by atoms with Gasteiger partial charge in [-0.3, -0.25) is 0 Å².